The number of pyridine rings is 1. The molecular weight excluding hydrogens is 442 g/mol. The van der Waals surface area contributed by atoms with Crippen molar-refractivity contribution in [2.45, 2.75) is 59.0 Å². The molecule has 2 amide bonds. The van der Waals surface area contributed by atoms with Gasteiger partial charge in [0, 0.05) is 17.5 Å². The van der Waals surface area contributed by atoms with Gasteiger partial charge in [-0.15, -0.1) is 6.58 Å². The molecule has 3 aromatic heterocycles. The lowest BCUT2D eigenvalue weighted by molar-refractivity contribution is -0.119. The molecular formula is C26H33N7O2. The zero-order valence-corrected chi connectivity index (χ0v) is 20.5. The summed E-state index contributed by atoms with van der Waals surface area (Å²) < 4.78 is 1.57. The molecule has 1 aliphatic rings. The van der Waals surface area contributed by atoms with E-state index < -0.39 is 6.04 Å². The largest absolute Gasteiger partial charge is 0.339 e. The van der Waals surface area contributed by atoms with Crippen molar-refractivity contribution in [2.24, 2.45) is 11.8 Å². The Labute approximate surface area is 205 Å². The molecule has 35 heavy (non-hydrogen) atoms. The summed E-state index contributed by atoms with van der Waals surface area (Å²) in [5, 5.41) is 17.3. The van der Waals surface area contributed by atoms with Crippen LogP contribution in [0.2, 0.25) is 0 Å². The monoisotopic (exact) mass is 475 g/mol. The fourth-order valence-corrected chi connectivity index (χ4v) is 4.79. The smallest absolute Gasteiger partial charge is 0.270 e. The van der Waals surface area contributed by atoms with Crippen LogP contribution in [-0.4, -0.2) is 42.8 Å². The normalized spacial score (nSPS) is 18.6. The molecule has 0 aromatic carbocycles. The molecule has 3 N–H and O–H groups in total. The first kappa shape index (κ1) is 24.4. The number of nitrogens with zero attached hydrogens (tertiary/aromatic N) is 4. The molecule has 9 nitrogen and oxygen atoms in total. The molecule has 1 aliphatic carbocycles. The minimum atomic E-state index is -0.653. The van der Waals surface area contributed by atoms with Gasteiger partial charge < -0.3 is 10.6 Å². The van der Waals surface area contributed by atoms with Crippen LogP contribution in [0.3, 0.4) is 0 Å². The summed E-state index contributed by atoms with van der Waals surface area (Å²) in [5.41, 5.74) is 4.55. The third-order valence-corrected chi connectivity index (χ3v) is 6.77. The zero-order valence-electron chi connectivity index (χ0n) is 20.5. The summed E-state index contributed by atoms with van der Waals surface area (Å²) in [6.45, 7) is 10.2. The van der Waals surface area contributed by atoms with E-state index in [4.69, 9.17) is 0 Å². The van der Waals surface area contributed by atoms with Gasteiger partial charge in [-0.1, -0.05) is 25.8 Å². The van der Waals surface area contributed by atoms with E-state index in [1.807, 2.05) is 26.0 Å². The average molecular weight is 476 g/mol. The van der Waals surface area contributed by atoms with Crippen LogP contribution in [0.25, 0.3) is 11.3 Å². The van der Waals surface area contributed by atoms with Gasteiger partial charge in [-0.25, -0.2) is 0 Å². The van der Waals surface area contributed by atoms with Crippen LogP contribution in [0.15, 0.2) is 43.2 Å². The summed E-state index contributed by atoms with van der Waals surface area (Å²) in [7, 11) is 0. The number of allylic oxidation sites excluding steroid dienone is 1. The van der Waals surface area contributed by atoms with E-state index in [0.29, 0.717) is 23.8 Å². The quantitative estimate of drug-likeness (QED) is 0.425. The van der Waals surface area contributed by atoms with Crippen molar-refractivity contribution in [2.75, 3.05) is 5.32 Å². The summed E-state index contributed by atoms with van der Waals surface area (Å²) in [4.78, 5) is 31.1. The van der Waals surface area contributed by atoms with Crippen LogP contribution in [0.5, 0.6) is 0 Å². The highest BCUT2D eigenvalue weighted by molar-refractivity contribution is 6.00. The van der Waals surface area contributed by atoms with Crippen molar-refractivity contribution in [3.8, 4) is 11.3 Å². The van der Waals surface area contributed by atoms with Gasteiger partial charge in [0.2, 0.25) is 5.91 Å². The minimum absolute atomic E-state index is 0.0642. The molecule has 0 unspecified atom stereocenters. The molecule has 184 valence electrons. The molecule has 0 bridgehead atoms. The molecule has 3 heterocycles. The van der Waals surface area contributed by atoms with E-state index in [9.17, 15) is 9.59 Å². The molecule has 1 saturated carbocycles. The number of nitrogens with one attached hydrogen (secondary N) is 3. The van der Waals surface area contributed by atoms with Crippen molar-refractivity contribution in [1.82, 2.24) is 30.3 Å². The second-order valence-corrected chi connectivity index (χ2v) is 9.39. The maximum atomic E-state index is 13.4. The Bertz CT molecular complexity index is 1170. The third-order valence-electron chi connectivity index (χ3n) is 6.77. The first-order chi connectivity index (χ1) is 16.9. The first-order valence-electron chi connectivity index (χ1n) is 12.1. The maximum Gasteiger partial charge on any atom is 0.270 e. The molecule has 0 saturated heterocycles. The number of aryl methyl sites for hydroxylation is 2. The highest BCUT2D eigenvalue weighted by Gasteiger charge is 2.33. The van der Waals surface area contributed by atoms with Crippen LogP contribution < -0.4 is 10.6 Å². The minimum Gasteiger partial charge on any atom is -0.339 e. The molecule has 1 atom stereocenters. The molecule has 9 heteroatoms. The fraction of sp³-hybridized carbons (Fsp3) is 0.423. The molecule has 0 spiro atoms. The van der Waals surface area contributed by atoms with Gasteiger partial charge in [0.05, 0.1) is 29.8 Å². The molecule has 4 rings (SSSR count). The number of aromatic amines is 1. The van der Waals surface area contributed by atoms with Gasteiger partial charge in [0.15, 0.2) is 0 Å². The summed E-state index contributed by atoms with van der Waals surface area (Å²) in [6, 6.07) is 4.69. The second-order valence-electron chi connectivity index (χ2n) is 9.39. The lowest BCUT2D eigenvalue weighted by Gasteiger charge is -2.32. The maximum absolute atomic E-state index is 13.4. The van der Waals surface area contributed by atoms with Crippen LogP contribution in [0.1, 0.15) is 54.5 Å². The van der Waals surface area contributed by atoms with Crippen molar-refractivity contribution >= 4 is 17.5 Å². The van der Waals surface area contributed by atoms with Crippen molar-refractivity contribution in [3.63, 3.8) is 0 Å². The van der Waals surface area contributed by atoms with Gasteiger partial charge in [0.25, 0.3) is 5.91 Å². The number of carbonyl (C=O) groups is 2. The average Bonchev–Trinajstić information content (AvgIpc) is 3.45. The van der Waals surface area contributed by atoms with Crippen molar-refractivity contribution in [3.05, 3.63) is 60.3 Å². The number of hydrogen-bond acceptors (Lipinski definition) is 5. The van der Waals surface area contributed by atoms with E-state index in [-0.39, 0.29) is 17.7 Å². The van der Waals surface area contributed by atoms with Crippen LogP contribution in [0, 0.1) is 25.7 Å². The number of amides is 2. The first-order valence-corrected chi connectivity index (χ1v) is 12.1. The molecule has 1 fully saturated rings. The van der Waals surface area contributed by atoms with Crippen molar-refractivity contribution in [1.29, 1.82) is 0 Å². The van der Waals surface area contributed by atoms with Crippen LogP contribution in [-0.2, 0) is 11.3 Å². The zero-order chi connectivity index (χ0) is 24.9. The van der Waals surface area contributed by atoms with Crippen molar-refractivity contribution < 1.29 is 9.59 Å². The van der Waals surface area contributed by atoms with E-state index in [0.717, 1.165) is 48.3 Å². The SMILES string of the molecule is C=CCn1nccc1C(=O)N[C@H](C(=O)Nc1ccc(-c2c(C)n[nH]c2C)nc1)C1CCC(C)CC1. The summed E-state index contributed by atoms with van der Waals surface area (Å²) in [5.74, 6) is 0.140. The Morgan fingerprint density at radius 1 is 1.23 bits per heavy atom. The van der Waals surface area contributed by atoms with Gasteiger partial charge in [-0.05, 0) is 56.7 Å². The van der Waals surface area contributed by atoms with E-state index in [1.165, 1.54) is 0 Å². The third kappa shape index (κ3) is 5.50. The number of aromatic nitrogens is 5. The van der Waals surface area contributed by atoms with E-state index in [2.05, 4.69) is 44.4 Å². The van der Waals surface area contributed by atoms with Gasteiger partial charge in [-0.3, -0.25) is 24.4 Å². The highest BCUT2D eigenvalue weighted by atomic mass is 16.2. The summed E-state index contributed by atoms with van der Waals surface area (Å²) >= 11 is 0. The molecule has 0 aliphatic heterocycles. The molecule has 0 radical (unpaired) electrons. The standard InChI is InChI=1S/C26H33N7O2/c1-5-14-33-22(12-13-28-33)25(34)30-24(19-8-6-16(2)7-9-19)26(35)29-20-10-11-21(27-15-20)23-17(3)31-32-18(23)4/h5,10-13,15-16,19,24H,1,6-9,14H2,2-4H3,(H,29,35)(H,30,34)(H,31,32)/t16?,19?,24-/m0/s1. The lowest BCUT2D eigenvalue weighted by Crippen LogP contribution is -2.49. The number of hydrogen-bond donors (Lipinski definition) is 3. The number of rotatable bonds is 8. The van der Waals surface area contributed by atoms with Gasteiger partial charge >= 0.3 is 0 Å². The number of carbonyl (C=O) groups excluding carboxylic acids is 2. The number of H-pyrrole nitrogens is 1. The Morgan fingerprint density at radius 3 is 2.63 bits per heavy atom. The number of anilines is 1. The van der Waals surface area contributed by atoms with E-state index >= 15 is 0 Å². The summed E-state index contributed by atoms with van der Waals surface area (Å²) in [6.07, 6.45) is 8.76. The van der Waals surface area contributed by atoms with Crippen LogP contribution >= 0.6 is 0 Å². The predicted octanol–water partition coefficient (Wildman–Crippen LogP) is 4.03. The van der Waals surface area contributed by atoms with Gasteiger partial charge in [0.1, 0.15) is 11.7 Å². The van der Waals surface area contributed by atoms with Gasteiger partial charge in [-0.2, -0.15) is 10.2 Å². The molecule has 3 aromatic rings. The van der Waals surface area contributed by atoms with Crippen LogP contribution in [0.4, 0.5) is 5.69 Å². The predicted molar refractivity (Wildman–Crippen MR) is 135 cm³/mol. The van der Waals surface area contributed by atoms with E-state index in [1.54, 1.807) is 29.2 Å². The second kappa shape index (κ2) is 10.7. The Hall–Kier alpha value is -3.75. The lowest BCUT2D eigenvalue weighted by atomic mass is 9.79. The Morgan fingerprint density at radius 2 is 2.00 bits per heavy atom. The fourth-order valence-electron chi connectivity index (χ4n) is 4.79. The Balaban J connectivity index is 1.51. The highest BCUT2D eigenvalue weighted by Crippen LogP contribution is 2.31. The topological polar surface area (TPSA) is 118 Å². The Kier molecular flexibility index (Phi) is 7.43.